The number of aliphatic hydroxyl groups is 1. The van der Waals surface area contributed by atoms with Crippen molar-refractivity contribution in [2.45, 2.75) is 18.8 Å². The number of ether oxygens (including phenoxy) is 1. The first kappa shape index (κ1) is 25.6. The van der Waals surface area contributed by atoms with Crippen molar-refractivity contribution in [1.29, 1.82) is 0 Å². The predicted octanol–water partition coefficient (Wildman–Crippen LogP) is 5.05. The molecular formula is C26H21F3N4O4S. The first-order valence-corrected chi connectivity index (χ1v) is 12.2. The molecule has 0 saturated heterocycles. The number of pyridine rings is 1. The number of methoxy groups -OCH3 is 1. The standard InChI is InChI=1S/C26H21F3N4O4S/c1-36-18-8-6-16(15-7-9-20(26(27,28)29)32-21(15)18)25-33-22(23(37-25)17(30)11-34)24(35)31-10-13-12-38-19-5-3-2-4-14(13)19/h2-9,12,17,34H,10-11,30H2,1H3,(H,31,35)/t17-/m0/s1. The van der Waals surface area contributed by atoms with E-state index in [4.69, 9.17) is 14.9 Å². The van der Waals surface area contributed by atoms with Crippen LogP contribution in [0.5, 0.6) is 5.75 Å². The number of aliphatic hydroxyl groups excluding tert-OH is 1. The lowest BCUT2D eigenvalue weighted by molar-refractivity contribution is -0.140. The Morgan fingerprint density at radius 2 is 1.95 bits per heavy atom. The van der Waals surface area contributed by atoms with Crippen LogP contribution < -0.4 is 15.8 Å². The molecule has 0 unspecified atom stereocenters. The molecule has 0 aliphatic rings. The van der Waals surface area contributed by atoms with Gasteiger partial charge in [0.1, 0.15) is 17.0 Å². The number of nitrogens with one attached hydrogen (secondary N) is 1. The summed E-state index contributed by atoms with van der Waals surface area (Å²) in [5.41, 5.74) is 5.92. The molecule has 0 saturated carbocycles. The molecule has 0 radical (unpaired) electrons. The second kappa shape index (κ2) is 10.0. The number of oxazole rings is 1. The van der Waals surface area contributed by atoms with Gasteiger partial charge in [0.25, 0.3) is 5.91 Å². The minimum absolute atomic E-state index is 0.0543. The third kappa shape index (κ3) is 4.69. The van der Waals surface area contributed by atoms with Gasteiger partial charge in [-0.05, 0) is 46.7 Å². The molecule has 12 heteroatoms. The van der Waals surface area contributed by atoms with Crippen molar-refractivity contribution in [3.63, 3.8) is 0 Å². The topological polar surface area (TPSA) is 124 Å². The van der Waals surface area contributed by atoms with Gasteiger partial charge < -0.3 is 25.3 Å². The van der Waals surface area contributed by atoms with E-state index in [2.05, 4.69) is 15.3 Å². The first-order valence-electron chi connectivity index (χ1n) is 11.4. The average Bonchev–Trinajstić information content (AvgIpc) is 3.55. The van der Waals surface area contributed by atoms with Crippen molar-refractivity contribution in [3.8, 4) is 17.2 Å². The average molecular weight is 543 g/mol. The van der Waals surface area contributed by atoms with E-state index in [9.17, 15) is 23.1 Å². The van der Waals surface area contributed by atoms with E-state index in [-0.39, 0.29) is 46.1 Å². The Bertz CT molecular complexity index is 1650. The number of carbonyl (C=O) groups excluding carboxylic acids is 1. The molecule has 0 aliphatic heterocycles. The molecule has 38 heavy (non-hydrogen) atoms. The van der Waals surface area contributed by atoms with Gasteiger partial charge in [-0.1, -0.05) is 18.2 Å². The quantitative estimate of drug-likeness (QED) is 0.263. The number of carbonyl (C=O) groups is 1. The minimum atomic E-state index is -4.65. The summed E-state index contributed by atoms with van der Waals surface area (Å²) in [6.07, 6.45) is -4.65. The fourth-order valence-corrected chi connectivity index (χ4v) is 5.04. The summed E-state index contributed by atoms with van der Waals surface area (Å²) in [6.45, 7) is -0.307. The lowest BCUT2D eigenvalue weighted by atomic mass is 10.1. The zero-order valence-electron chi connectivity index (χ0n) is 19.9. The summed E-state index contributed by atoms with van der Waals surface area (Å²) in [4.78, 5) is 21.2. The number of thiophene rings is 1. The Morgan fingerprint density at radius 3 is 2.68 bits per heavy atom. The van der Waals surface area contributed by atoms with Crippen LogP contribution in [0.15, 0.2) is 58.3 Å². The molecule has 2 aromatic carbocycles. The number of nitrogens with two attached hydrogens (primary N) is 1. The molecule has 0 bridgehead atoms. The molecule has 4 N–H and O–H groups in total. The highest BCUT2D eigenvalue weighted by atomic mass is 32.1. The number of rotatable bonds is 7. The van der Waals surface area contributed by atoms with E-state index in [1.165, 1.54) is 25.3 Å². The largest absolute Gasteiger partial charge is 0.494 e. The number of fused-ring (bicyclic) bond motifs is 2. The Labute approximate surface area is 217 Å². The Balaban J connectivity index is 1.53. The third-order valence-electron chi connectivity index (χ3n) is 5.96. The van der Waals surface area contributed by atoms with Crippen LogP contribution >= 0.6 is 11.3 Å². The number of alkyl halides is 3. The second-order valence-electron chi connectivity index (χ2n) is 8.37. The van der Waals surface area contributed by atoms with Gasteiger partial charge in [-0.3, -0.25) is 4.79 Å². The normalized spacial score (nSPS) is 12.7. The van der Waals surface area contributed by atoms with E-state index in [1.807, 2.05) is 29.6 Å². The van der Waals surface area contributed by atoms with Crippen molar-refractivity contribution in [2.24, 2.45) is 5.73 Å². The lowest BCUT2D eigenvalue weighted by Gasteiger charge is -2.11. The Morgan fingerprint density at radius 1 is 1.16 bits per heavy atom. The molecule has 8 nitrogen and oxygen atoms in total. The van der Waals surface area contributed by atoms with E-state index < -0.39 is 30.4 Å². The number of halogens is 3. The van der Waals surface area contributed by atoms with Gasteiger partial charge >= 0.3 is 6.18 Å². The fourth-order valence-electron chi connectivity index (χ4n) is 4.07. The van der Waals surface area contributed by atoms with Crippen LogP contribution in [0.3, 0.4) is 0 Å². The highest BCUT2D eigenvalue weighted by Gasteiger charge is 2.33. The highest BCUT2D eigenvalue weighted by molar-refractivity contribution is 7.17. The number of amides is 1. The predicted molar refractivity (Wildman–Crippen MR) is 136 cm³/mol. The van der Waals surface area contributed by atoms with Gasteiger partial charge in [0.05, 0.1) is 19.8 Å². The fraction of sp³-hybridized carbons (Fsp3) is 0.192. The number of hydrogen-bond acceptors (Lipinski definition) is 8. The van der Waals surface area contributed by atoms with Gasteiger partial charge in [0.2, 0.25) is 5.89 Å². The van der Waals surface area contributed by atoms with Crippen molar-refractivity contribution in [1.82, 2.24) is 15.3 Å². The summed E-state index contributed by atoms with van der Waals surface area (Å²) in [5.74, 6) is -0.581. The maximum absolute atomic E-state index is 13.3. The lowest BCUT2D eigenvalue weighted by Crippen LogP contribution is -2.26. The SMILES string of the molecule is COc1ccc(-c2nc(C(=O)NCc3csc4ccccc34)c([C@@H](N)CO)o2)c2ccc(C(F)(F)F)nc12. The zero-order chi connectivity index (χ0) is 27.0. The summed E-state index contributed by atoms with van der Waals surface area (Å²) in [6, 6.07) is 11.8. The summed E-state index contributed by atoms with van der Waals surface area (Å²) in [5, 5.41) is 15.7. The smallest absolute Gasteiger partial charge is 0.433 e. The monoisotopic (exact) mass is 542 g/mol. The second-order valence-corrected chi connectivity index (χ2v) is 9.28. The molecule has 3 aromatic heterocycles. The van der Waals surface area contributed by atoms with Gasteiger partial charge in [-0.15, -0.1) is 11.3 Å². The van der Waals surface area contributed by atoms with Crippen LogP contribution in [0.1, 0.15) is 33.5 Å². The van der Waals surface area contributed by atoms with Crippen molar-refractivity contribution >= 4 is 38.2 Å². The maximum atomic E-state index is 13.3. The van der Waals surface area contributed by atoms with Crippen LogP contribution in [-0.4, -0.2) is 34.7 Å². The third-order valence-corrected chi connectivity index (χ3v) is 6.98. The van der Waals surface area contributed by atoms with E-state index in [0.717, 1.165) is 21.7 Å². The molecule has 5 rings (SSSR count). The van der Waals surface area contributed by atoms with Crippen LogP contribution in [0.4, 0.5) is 13.2 Å². The van der Waals surface area contributed by atoms with Gasteiger partial charge in [0, 0.05) is 22.2 Å². The number of benzene rings is 2. The van der Waals surface area contributed by atoms with Gasteiger partial charge in [0.15, 0.2) is 11.5 Å². The van der Waals surface area contributed by atoms with Crippen LogP contribution in [-0.2, 0) is 12.7 Å². The zero-order valence-corrected chi connectivity index (χ0v) is 20.7. The molecule has 196 valence electrons. The van der Waals surface area contributed by atoms with Crippen molar-refractivity contribution in [2.75, 3.05) is 13.7 Å². The molecular weight excluding hydrogens is 521 g/mol. The molecule has 3 heterocycles. The summed E-state index contributed by atoms with van der Waals surface area (Å²) < 4.78 is 52.0. The van der Waals surface area contributed by atoms with Gasteiger partial charge in [-0.25, -0.2) is 9.97 Å². The molecule has 1 amide bonds. The number of hydrogen-bond donors (Lipinski definition) is 3. The summed E-state index contributed by atoms with van der Waals surface area (Å²) >= 11 is 1.56. The van der Waals surface area contributed by atoms with E-state index >= 15 is 0 Å². The maximum Gasteiger partial charge on any atom is 0.433 e. The van der Waals surface area contributed by atoms with E-state index in [0.29, 0.717) is 0 Å². The first-order chi connectivity index (χ1) is 18.2. The van der Waals surface area contributed by atoms with Crippen molar-refractivity contribution < 1.29 is 32.2 Å². The number of aromatic nitrogens is 2. The highest BCUT2D eigenvalue weighted by Crippen LogP contribution is 2.37. The van der Waals surface area contributed by atoms with Crippen LogP contribution in [0, 0.1) is 0 Å². The van der Waals surface area contributed by atoms with Crippen LogP contribution in [0.25, 0.3) is 32.4 Å². The summed E-state index contributed by atoms with van der Waals surface area (Å²) in [7, 11) is 1.32. The van der Waals surface area contributed by atoms with Crippen molar-refractivity contribution in [3.05, 3.63) is 76.6 Å². The van der Waals surface area contributed by atoms with Gasteiger partial charge in [-0.2, -0.15) is 13.2 Å². The minimum Gasteiger partial charge on any atom is -0.494 e. The number of nitrogens with zero attached hydrogens (tertiary/aromatic N) is 2. The van der Waals surface area contributed by atoms with E-state index in [1.54, 1.807) is 11.3 Å². The molecule has 1 atom stereocenters. The Kier molecular flexibility index (Phi) is 6.78. The molecule has 0 fully saturated rings. The van der Waals surface area contributed by atoms with Crippen LogP contribution in [0.2, 0.25) is 0 Å². The Hall–Kier alpha value is -4.00. The molecule has 0 aliphatic carbocycles. The molecule has 5 aromatic rings. The molecule has 0 spiro atoms.